The Kier molecular flexibility index (Phi) is 3.03. The van der Waals surface area contributed by atoms with Crippen LogP contribution in [0.5, 0.6) is 0 Å². The van der Waals surface area contributed by atoms with E-state index in [4.69, 9.17) is 0 Å². The van der Waals surface area contributed by atoms with Crippen LogP contribution in [0.25, 0.3) is 39.1 Å². The zero-order chi connectivity index (χ0) is 16.6. The Morgan fingerprint density at radius 3 is 2.60 bits per heavy atom. The molecule has 0 unspecified atom stereocenters. The fraction of sp³-hybridized carbons (Fsp3) is 0. The number of fused-ring (bicyclic) bond motifs is 2. The van der Waals surface area contributed by atoms with Crippen molar-refractivity contribution in [3.63, 3.8) is 0 Å². The average molecular weight is 323 g/mol. The van der Waals surface area contributed by atoms with Gasteiger partial charge in [0, 0.05) is 47.5 Å². The minimum Gasteiger partial charge on any atom is -0.296 e. The second-order valence-corrected chi connectivity index (χ2v) is 5.76. The first-order valence-corrected chi connectivity index (χ1v) is 7.98. The lowest BCUT2D eigenvalue weighted by molar-refractivity contribution is 1.14. The van der Waals surface area contributed by atoms with E-state index in [-0.39, 0.29) is 0 Å². The molecular formula is C20H13N5. The highest BCUT2D eigenvalue weighted by Gasteiger charge is 2.14. The highest BCUT2D eigenvalue weighted by Crippen LogP contribution is 2.32. The number of benzene rings is 1. The molecule has 5 heteroatoms. The molecule has 25 heavy (non-hydrogen) atoms. The number of hydrogen-bond acceptors (Lipinski definition) is 4. The summed E-state index contributed by atoms with van der Waals surface area (Å²) in [4.78, 5) is 17.6. The molecule has 0 bridgehead atoms. The van der Waals surface area contributed by atoms with Crippen LogP contribution in [0.4, 0.5) is 0 Å². The lowest BCUT2D eigenvalue weighted by Crippen LogP contribution is -1.98. The van der Waals surface area contributed by atoms with E-state index in [1.807, 2.05) is 36.7 Å². The molecule has 0 aliphatic heterocycles. The van der Waals surface area contributed by atoms with E-state index in [0.29, 0.717) is 0 Å². The molecule has 0 aliphatic carbocycles. The second-order valence-electron chi connectivity index (χ2n) is 5.76. The molecule has 0 amide bonds. The fourth-order valence-corrected chi connectivity index (χ4v) is 3.12. The molecule has 0 fully saturated rings. The lowest BCUT2D eigenvalue weighted by atomic mass is 10.0. The number of nitrogens with zero attached hydrogens (tertiary/aromatic N) is 5. The Bertz CT molecular complexity index is 1190. The summed E-state index contributed by atoms with van der Waals surface area (Å²) in [5, 5.41) is 1.10. The van der Waals surface area contributed by atoms with E-state index in [2.05, 4.69) is 42.5 Å². The normalized spacial score (nSPS) is 11.2. The Labute approximate surface area is 143 Å². The van der Waals surface area contributed by atoms with E-state index >= 15 is 0 Å². The number of imidazole rings is 1. The maximum Gasteiger partial charge on any atom is 0.155 e. The van der Waals surface area contributed by atoms with Crippen LogP contribution < -0.4 is 0 Å². The van der Waals surface area contributed by atoms with Gasteiger partial charge in [0.25, 0.3) is 0 Å². The van der Waals surface area contributed by atoms with Crippen LogP contribution in [0.15, 0.2) is 79.6 Å². The Hall–Kier alpha value is -3.60. The van der Waals surface area contributed by atoms with Crippen LogP contribution >= 0.6 is 0 Å². The van der Waals surface area contributed by atoms with E-state index in [1.54, 1.807) is 24.8 Å². The van der Waals surface area contributed by atoms with Crippen molar-refractivity contribution < 1.29 is 0 Å². The molecule has 5 nitrogen and oxygen atoms in total. The van der Waals surface area contributed by atoms with Gasteiger partial charge in [0.15, 0.2) is 5.65 Å². The van der Waals surface area contributed by atoms with Gasteiger partial charge in [-0.1, -0.05) is 12.1 Å². The van der Waals surface area contributed by atoms with Crippen molar-refractivity contribution >= 4 is 16.6 Å². The summed E-state index contributed by atoms with van der Waals surface area (Å²) in [6.45, 7) is 0. The molecule has 0 saturated carbocycles. The van der Waals surface area contributed by atoms with Gasteiger partial charge in [-0.2, -0.15) is 0 Å². The predicted molar refractivity (Wildman–Crippen MR) is 97.0 cm³/mol. The lowest BCUT2D eigenvalue weighted by Gasteiger charge is -2.12. The van der Waals surface area contributed by atoms with Crippen molar-refractivity contribution in [1.29, 1.82) is 0 Å². The maximum atomic E-state index is 4.68. The third-order valence-corrected chi connectivity index (χ3v) is 4.27. The van der Waals surface area contributed by atoms with Crippen molar-refractivity contribution in [2.24, 2.45) is 0 Å². The minimum atomic E-state index is 0.819. The van der Waals surface area contributed by atoms with Gasteiger partial charge < -0.3 is 0 Å². The summed E-state index contributed by atoms with van der Waals surface area (Å²) in [5.74, 6) is 0. The van der Waals surface area contributed by atoms with Gasteiger partial charge in [-0.05, 0) is 30.3 Å². The number of pyridine rings is 2. The number of aromatic nitrogens is 5. The van der Waals surface area contributed by atoms with E-state index in [9.17, 15) is 0 Å². The van der Waals surface area contributed by atoms with Gasteiger partial charge >= 0.3 is 0 Å². The zero-order valence-electron chi connectivity index (χ0n) is 13.2. The summed E-state index contributed by atoms with van der Waals surface area (Å²) in [6.07, 6.45) is 10.9. The SMILES string of the molecule is c1cnc2ccc(-c3c(-c4ccncc4)ncc4nccn34)cc2c1. The summed E-state index contributed by atoms with van der Waals surface area (Å²) in [7, 11) is 0. The molecule has 4 heterocycles. The van der Waals surface area contributed by atoms with Crippen LogP contribution in [0.2, 0.25) is 0 Å². The van der Waals surface area contributed by atoms with Gasteiger partial charge in [-0.3, -0.25) is 19.4 Å². The van der Waals surface area contributed by atoms with Crippen LogP contribution in [0.3, 0.4) is 0 Å². The Balaban J connectivity index is 1.85. The first-order valence-electron chi connectivity index (χ1n) is 7.98. The van der Waals surface area contributed by atoms with Gasteiger partial charge in [-0.15, -0.1) is 0 Å². The Morgan fingerprint density at radius 1 is 0.760 bits per heavy atom. The molecule has 0 spiro atoms. The van der Waals surface area contributed by atoms with Gasteiger partial charge in [-0.25, -0.2) is 4.98 Å². The molecule has 118 valence electrons. The van der Waals surface area contributed by atoms with Crippen molar-refractivity contribution in [2.75, 3.05) is 0 Å². The third-order valence-electron chi connectivity index (χ3n) is 4.27. The van der Waals surface area contributed by atoms with E-state index in [1.165, 1.54) is 0 Å². The van der Waals surface area contributed by atoms with E-state index in [0.717, 1.165) is 39.1 Å². The van der Waals surface area contributed by atoms with Crippen molar-refractivity contribution in [1.82, 2.24) is 24.3 Å². The van der Waals surface area contributed by atoms with Crippen molar-refractivity contribution in [3.8, 4) is 22.5 Å². The van der Waals surface area contributed by atoms with Crippen LogP contribution in [-0.2, 0) is 0 Å². The molecule has 4 aromatic heterocycles. The fourth-order valence-electron chi connectivity index (χ4n) is 3.12. The maximum absolute atomic E-state index is 4.68. The smallest absolute Gasteiger partial charge is 0.155 e. The van der Waals surface area contributed by atoms with Gasteiger partial charge in [0.05, 0.1) is 23.1 Å². The van der Waals surface area contributed by atoms with Crippen LogP contribution in [0.1, 0.15) is 0 Å². The molecule has 1 aromatic carbocycles. The molecule has 5 aromatic rings. The topological polar surface area (TPSA) is 56.0 Å². The molecule has 5 rings (SSSR count). The standard InChI is InChI=1S/C20H13N5/c1-2-15-12-16(3-4-17(15)22-7-1)20-19(14-5-8-21-9-6-14)24-13-18-23-10-11-25(18)20/h1-13H. The summed E-state index contributed by atoms with van der Waals surface area (Å²) in [5.41, 5.74) is 5.79. The second kappa shape index (κ2) is 5.49. The number of hydrogen-bond donors (Lipinski definition) is 0. The summed E-state index contributed by atoms with van der Waals surface area (Å²) < 4.78 is 2.07. The predicted octanol–water partition coefficient (Wildman–Crippen LogP) is 4.01. The summed E-state index contributed by atoms with van der Waals surface area (Å²) >= 11 is 0. The van der Waals surface area contributed by atoms with Crippen molar-refractivity contribution in [3.05, 3.63) is 79.6 Å². The average Bonchev–Trinajstić information content (AvgIpc) is 3.16. The van der Waals surface area contributed by atoms with Gasteiger partial charge in [0.1, 0.15) is 0 Å². The molecule has 0 aliphatic rings. The molecule has 0 atom stereocenters. The van der Waals surface area contributed by atoms with Crippen LogP contribution in [0, 0.1) is 0 Å². The first kappa shape index (κ1) is 13.8. The number of rotatable bonds is 2. The summed E-state index contributed by atoms with van der Waals surface area (Å²) in [6, 6.07) is 14.2. The monoisotopic (exact) mass is 323 g/mol. The minimum absolute atomic E-state index is 0.819. The molecule has 0 N–H and O–H groups in total. The quantitative estimate of drug-likeness (QED) is 0.492. The zero-order valence-corrected chi connectivity index (χ0v) is 13.2. The largest absolute Gasteiger partial charge is 0.296 e. The van der Waals surface area contributed by atoms with Gasteiger partial charge in [0.2, 0.25) is 0 Å². The molecule has 0 saturated heterocycles. The first-order chi connectivity index (χ1) is 12.4. The highest BCUT2D eigenvalue weighted by molar-refractivity contribution is 5.87. The third kappa shape index (κ3) is 2.25. The van der Waals surface area contributed by atoms with E-state index < -0.39 is 0 Å². The molecular weight excluding hydrogens is 310 g/mol. The van der Waals surface area contributed by atoms with Crippen LogP contribution in [-0.4, -0.2) is 24.3 Å². The Morgan fingerprint density at radius 2 is 1.68 bits per heavy atom. The highest BCUT2D eigenvalue weighted by atomic mass is 15.0. The van der Waals surface area contributed by atoms with Crippen molar-refractivity contribution in [2.45, 2.75) is 0 Å². The molecule has 0 radical (unpaired) electrons.